The number of nitrogens with one attached hydrogen (secondary N) is 1. The van der Waals surface area contributed by atoms with Crippen molar-refractivity contribution in [2.75, 3.05) is 5.32 Å². The highest BCUT2D eigenvalue weighted by Crippen LogP contribution is 2.28. The monoisotopic (exact) mass is 393 g/mol. The van der Waals surface area contributed by atoms with Crippen LogP contribution in [0.25, 0.3) is 11.4 Å². The van der Waals surface area contributed by atoms with Crippen molar-refractivity contribution in [2.45, 2.75) is 31.3 Å². The van der Waals surface area contributed by atoms with E-state index in [1.807, 2.05) is 29.6 Å². The number of hydrogen-bond donors (Lipinski definition) is 1. The summed E-state index contributed by atoms with van der Waals surface area (Å²) < 4.78 is 2.05. The topological polar surface area (TPSA) is 72.7 Å². The van der Waals surface area contributed by atoms with Gasteiger partial charge in [0, 0.05) is 35.2 Å². The first-order chi connectivity index (χ1) is 12.1. The molecule has 0 aliphatic rings. The fourth-order valence-electron chi connectivity index (χ4n) is 2.24. The highest BCUT2D eigenvalue weighted by Gasteiger charge is 2.14. The van der Waals surface area contributed by atoms with E-state index in [0.717, 1.165) is 28.8 Å². The fraction of sp³-hybridized carbons (Fsp3) is 0.250. The molecule has 3 rings (SSSR count). The molecule has 0 aliphatic heterocycles. The second-order valence-corrected chi connectivity index (χ2v) is 7.41. The van der Waals surface area contributed by atoms with Crippen LogP contribution < -0.4 is 5.32 Å². The van der Waals surface area contributed by atoms with Crippen LogP contribution in [0.4, 0.5) is 5.13 Å². The van der Waals surface area contributed by atoms with Crippen LogP contribution in [0.5, 0.6) is 0 Å². The van der Waals surface area contributed by atoms with Gasteiger partial charge in [-0.2, -0.15) is 0 Å². The van der Waals surface area contributed by atoms with Crippen molar-refractivity contribution < 1.29 is 4.79 Å². The van der Waals surface area contributed by atoms with Crippen molar-refractivity contribution in [3.05, 3.63) is 40.4 Å². The third-order valence-corrected chi connectivity index (χ3v) is 5.34. The minimum absolute atomic E-state index is 0.120. The van der Waals surface area contributed by atoms with Gasteiger partial charge in [0.25, 0.3) is 0 Å². The first-order valence-corrected chi connectivity index (χ1v) is 9.85. The summed E-state index contributed by atoms with van der Waals surface area (Å²) in [6.07, 6.45) is 0. The molecule has 1 N–H and O–H groups in total. The summed E-state index contributed by atoms with van der Waals surface area (Å²) in [7, 11) is 0. The number of rotatable bonds is 6. The number of thioether (sulfide) groups is 1. The molecule has 1 amide bonds. The summed E-state index contributed by atoms with van der Waals surface area (Å²) in [5, 5.41) is 15.3. The van der Waals surface area contributed by atoms with Gasteiger partial charge in [-0.15, -0.1) is 21.5 Å². The molecule has 0 unspecified atom stereocenters. The molecule has 3 aromatic rings. The molecule has 1 aromatic carbocycles. The molecular weight excluding hydrogens is 378 g/mol. The van der Waals surface area contributed by atoms with E-state index in [2.05, 4.69) is 32.0 Å². The van der Waals surface area contributed by atoms with Crippen molar-refractivity contribution in [2.24, 2.45) is 0 Å². The molecular formula is C16H16ClN5OS2. The largest absolute Gasteiger partial charge is 0.302 e. The molecule has 25 heavy (non-hydrogen) atoms. The van der Waals surface area contributed by atoms with Crippen LogP contribution in [-0.4, -0.2) is 25.7 Å². The first-order valence-electron chi connectivity index (χ1n) is 7.60. The third-order valence-electron chi connectivity index (χ3n) is 3.30. The smallest absolute Gasteiger partial charge is 0.223 e. The summed E-state index contributed by atoms with van der Waals surface area (Å²) >= 11 is 9.05. The molecule has 130 valence electrons. The number of carbonyl (C=O) groups is 1. The number of hydrogen-bond acceptors (Lipinski definition) is 6. The number of nitrogens with zero attached hydrogens (tertiary/aromatic N) is 4. The third kappa shape index (κ3) is 4.39. The Balaban J connectivity index is 1.75. The Hall–Kier alpha value is -1.90. The van der Waals surface area contributed by atoms with Crippen LogP contribution in [0.1, 0.15) is 19.5 Å². The molecule has 9 heteroatoms. The van der Waals surface area contributed by atoms with Crippen LogP contribution in [0.3, 0.4) is 0 Å². The molecule has 6 nitrogen and oxygen atoms in total. The Labute approximate surface area is 158 Å². The normalized spacial score (nSPS) is 10.8. The van der Waals surface area contributed by atoms with Crippen molar-refractivity contribution in [1.82, 2.24) is 19.7 Å². The Morgan fingerprint density at radius 2 is 2.24 bits per heavy atom. The quantitative estimate of drug-likeness (QED) is 0.631. The van der Waals surface area contributed by atoms with E-state index in [-0.39, 0.29) is 5.91 Å². The van der Waals surface area contributed by atoms with Crippen molar-refractivity contribution in [1.29, 1.82) is 0 Å². The Morgan fingerprint density at radius 1 is 1.40 bits per heavy atom. The molecule has 0 atom stereocenters. The highest BCUT2D eigenvalue weighted by molar-refractivity contribution is 7.98. The summed E-state index contributed by atoms with van der Waals surface area (Å²) in [5.41, 5.74) is 1.84. The number of benzene rings is 1. The molecule has 0 radical (unpaired) electrons. The molecule has 2 heterocycles. The Morgan fingerprint density at radius 3 is 2.96 bits per heavy atom. The molecule has 0 saturated heterocycles. The molecule has 0 fully saturated rings. The first kappa shape index (κ1) is 17.9. The SMILES string of the molecule is CCn1c(SCc2csc(NC(C)=O)n2)nnc1-c1cccc(Cl)c1. The zero-order valence-corrected chi connectivity index (χ0v) is 16.1. The van der Waals surface area contributed by atoms with Gasteiger partial charge in [-0.1, -0.05) is 35.5 Å². The van der Waals surface area contributed by atoms with E-state index in [0.29, 0.717) is 15.9 Å². The van der Waals surface area contributed by atoms with Gasteiger partial charge in [-0.3, -0.25) is 4.79 Å². The van der Waals surface area contributed by atoms with Crippen molar-refractivity contribution >= 4 is 45.7 Å². The highest BCUT2D eigenvalue weighted by atomic mass is 35.5. The van der Waals surface area contributed by atoms with E-state index in [9.17, 15) is 4.79 Å². The van der Waals surface area contributed by atoms with Gasteiger partial charge in [0.15, 0.2) is 16.1 Å². The van der Waals surface area contributed by atoms with Crippen LogP contribution in [0, 0.1) is 0 Å². The van der Waals surface area contributed by atoms with Crippen molar-refractivity contribution in [3.63, 3.8) is 0 Å². The van der Waals surface area contributed by atoms with Gasteiger partial charge >= 0.3 is 0 Å². The maximum Gasteiger partial charge on any atom is 0.223 e. The zero-order chi connectivity index (χ0) is 17.8. The second-order valence-electron chi connectivity index (χ2n) is 5.17. The lowest BCUT2D eigenvalue weighted by atomic mass is 10.2. The zero-order valence-electron chi connectivity index (χ0n) is 13.7. The average molecular weight is 394 g/mol. The van der Waals surface area contributed by atoms with Crippen LogP contribution >= 0.6 is 34.7 Å². The predicted octanol–water partition coefficient (Wildman–Crippen LogP) is 4.33. The Bertz CT molecular complexity index is 892. The standard InChI is InChI=1S/C16H16ClN5OS2/c1-3-22-14(11-5-4-6-12(17)7-11)20-21-16(22)25-9-13-8-24-15(19-13)18-10(2)23/h4-8H,3,9H2,1-2H3,(H,18,19,23). The predicted molar refractivity (Wildman–Crippen MR) is 102 cm³/mol. The number of carbonyl (C=O) groups excluding carboxylic acids is 1. The van der Waals surface area contributed by atoms with Crippen LogP contribution in [0.2, 0.25) is 5.02 Å². The van der Waals surface area contributed by atoms with E-state index >= 15 is 0 Å². The van der Waals surface area contributed by atoms with Gasteiger partial charge in [0.1, 0.15) is 0 Å². The lowest BCUT2D eigenvalue weighted by Crippen LogP contribution is -2.05. The number of halogens is 1. The minimum atomic E-state index is -0.120. The number of anilines is 1. The van der Waals surface area contributed by atoms with Gasteiger partial charge in [-0.05, 0) is 19.1 Å². The molecule has 0 saturated carbocycles. The maximum atomic E-state index is 11.1. The van der Waals surface area contributed by atoms with Gasteiger partial charge in [0.05, 0.1) is 5.69 Å². The van der Waals surface area contributed by atoms with E-state index in [4.69, 9.17) is 11.6 Å². The lowest BCUT2D eigenvalue weighted by Gasteiger charge is -2.07. The van der Waals surface area contributed by atoms with Crippen LogP contribution in [-0.2, 0) is 17.1 Å². The summed E-state index contributed by atoms with van der Waals surface area (Å²) in [6.45, 7) is 4.28. The van der Waals surface area contributed by atoms with Crippen LogP contribution in [0.15, 0.2) is 34.8 Å². The van der Waals surface area contributed by atoms with Crippen molar-refractivity contribution in [3.8, 4) is 11.4 Å². The summed E-state index contributed by atoms with van der Waals surface area (Å²) in [6, 6.07) is 7.59. The summed E-state index contributed by atoms with van der Waals surface area (Å²) in [4.78, 5) is 15.5. The Kier molecular flexibility index (Phi) is 5.72. The fourth-order valence-corrected chi connectivity index (χ4v) is 4.19. The molecule has 2 aromatic heterocycles. The minimum Gasteiger partial charge on any atom is -0.302 e. The maximum absolute atomic E-state index is 11.1. The number of thiazole rings is 1. The molecule has 0 aliphatic carbocycles. The lowest BCUT2D eigenvalue weighted by molar-refractivity contribution is -0.114. The van der Waals surface area contributed by atoms with Gasteiger partial charge in [-0.25, -0.2) is 4.98 Å². The number of aromatic nitrogens is 4. The molecule has 0 bridgehead atoms. The van der Waals surface area contributed by atoms with E-state index in [1.54, 1.807) is 11.8 Å². The van der Waals surface area contributed by atoms with Gasteiger partial charge in [0.2, 0.25) is 5.91 Å². The number of amides is 1. The van der Waals surface area contributed by atoms with E-state index < -0.39 is 0 Å². The molecule has 0 spiro atoms. The van der Waals surface area contributed by atoms with Gasteiger partial charge < -0.3 is 9.88 Å². The second kappa shape index (κ2) is 7.99. The average Bonchev–Trinajstić information content (AvgIpc) is 3.18. The summed E-state index contributed by atoms with van der Waals surface area (Å²) in [5.74, 6) is 1.33. The van der Waals surface area contributed by atoms with E-state index in [1.165, 1.54) is 18.3 Å².